The lowest BCUT2D eigenvalue weighted by Gasteiger charge is -2.08. The highest BCUT2D eigenvalue weighted by atomic mass is 15.0. The van der Waals surface area contributed by atoms with Gasteiger partial charge >= 0.3 is 0 Å². The van der Waals surface area contributed by atoms with Crippen molar-refractivity contribution in [3.63, 3.8) is 0 Å². The molecule has 58 valence electrons. The van der Waals surface area contributed by atoms with Crippen LogP contribution < -0.4 is 5.32 Å². The molecule has 0 aliphatic carbocycles. The lowest BCUT2D eigenvalue weighted by atomic mass is 9.99. The van der Waals surface area contributed by atoms with Crippen molar-refractivity contribution in [3.05, 3.63) is 12.7 Å². The van der Waals surface area contributed by atoms with Crippen LogP contribution in [0.1, 0.15) is 25.7 Å². The molecule has 10 heavy (non-hydrogen) atoms. The van der Waals surface area contributed by atoms with Crippen LogP contribution in [0.5, 0.6) is 0 Å². The predicted molar refractivity (Wildman–Crippen MR) is 45.0 cm³/mol. The Kier molecular flexibility index (Phi) is 3.52. The Morgan fingerprint density at radius 2 is 2.30 bits per heavy atom. The molecule has 0 aromatic heterocycles. The van der Waals surface area contributed by atoms with Gasteiger partial charge in [0, 0.05) is 0 Å². The number of allylic oxidation sites excluding steroid dienone is 1. The van der Waals surface area contributed by atoms with Crippen LogP contribution in [0, 0.1) is 5.92 Å². The molecule has 1 nitrogen and oxygen atoms in total. The van der Waals surface area contributed by atoms with Crippen LogP contribution in [0.25, 0.3) is 0 Å². The second-order valence-electron chi connectivity index (χ2n) is 3.07. The Hall–Kier alpha value is -0.300. The minimum absolute atomic E-state index is 0.910. The Morgan fingerprint density at radius 3 is 3.10 bits per heavy atom. The summed E-state index contributed by atoms with van der Waals surface area (Å²) >= 11 is 0. The highest BCUT2D eigenvalue weighted by Crippen LogP contribution is 2.16. The first kappa shape index (κ1) is 7.80. The van der Waals surface area contributed by atoms with E-state index >= 15 is 0 Å². The number of hydrogen-bond acceptors (Lipinski definition) is 1. The lowest BCUT2D eigenvalue weighted by molar-refractivity contribution is 0.479. The van der Waals surface area contributed by atoms with Crippen LogP contribution in [0.2, 0.25) is 0 Å². The molecular weight excluding hydrogens is 123 g/mol. The standard InChI is InChI=1S/C9H17N/c1-2-4-9-5-3-7-10-8-6-9/h2,9-10H,1,3-8H2/i8+1. The minimum Gasteiger partial charge on any atom is -0.317 e. The predicted octanol–water partition coefficient (Wildman–Crippen LogP) is 1.95. The van der Waals surface area contributed by atoms with Crippen LogP contribution in [0.15, 0.2) is 12.7 Å². The average Bonchev–Trinajstić information content (AvgIpc) is 2.17. The number of nitrogens with one attached hydrogen (secondary N) is 1. The van der Waals surface area contributed by atoms with E-state index in [0.717, 1.165) is 5.92 Å². The molecule has 1 N–H and O–H groups in total. The van der Waals surface area contributed by atoms with Crippen molar-refractivity contribution < 1.29 is 0 Å². The van der Waals surface area contributed by atoms with Crippen molar-refractivity contribution in [3.8, 4) is 0 Å². The second-order valence-corrected chi connectivity index (χ2v) is 3.07. The van der Waals surface area contributed by atoms with Gasteiger partial charge in [-0.3, -0.25) is 0 Å². The molecule has 1 rings (SSSR count). The van der Waals surface area contributed by atoms with Crippen LogP contribution in [-0.2, 0) is 0 Å². The molecular formula is C9H17N. The molecule has 0 radical (unpaired) electrons. The Labute approximate surface area is 63.5 Å². The fourth-order valence-electron chi connectivity index (χ4n) is 1.56. The van der Waals surface area contributed by atoms with E-state index in [0.29, 0.717) is 0 Å². The summed E-state index contributed by atoms with van der Waals surface area (Å²) in [6.45, 7) is 6.19. The molecule has 1 saturated heterocycles. The quantitative estimate of drug-likeness (QED) is 0.456. The second kappa shape index (κ2) is 4.51. The van der Waals surface area contributed by atoms with Gasteiger partial charge in [0.1, 0.15) is 0 Å². The molecule has 0 bridgehead atoms. The zero-order chi connectivity index (χ0) is 7.23. The molecule has 1 unspecified atom stereocenters. The molecule has 1 fully saturated rings. The van der Waals surface area contributed by atoms with E-state index in [2.05, 4.69) is 18.0 Å². The van der Waals surface area contributed by atoms with Crippen molar-refractivity contribution in [2.24, 2.45) is 5.92 Å². The van der Waals surface area contributed by atoms with Crippen molar-refractivity contribution in [1.29, 1.82) is 0 Å². The molecule has 1 heterocycles. The fourth-order valence-corrected chi connectivity index (χ4v) is 1.56. The molecule has 0 spiro atoms. The molecule has 0 aromatic carbocycles. The molecule has 1 heteroatoms. The summed E-state index contributed by atoms with van der Waals surface area (Å²) in [6, 6.07) is 0. The summed E-state index contributed by atoms with van der Waals surface area (Å²) in [7, 11) is 0. The molecule has 0 saturated carbocycles. The summed E-state index contributed by atoms with van der Waals surface area (Å²) in [4.78, 5) is 0. The largest absolute Gasteiger partial charge is 0.317 e. The van der Waals surface area contributed by atoms with Crippen LogP contribution in [-0.4, -0.2) is 13.1 Å². The van der Waals surface area contributed by atoms with Gasteiger partial charge in [0.15, 0.2) is 0 Å². The lowest BCUT2D eigenvalue weighted by Crippen LogP contribution is -2.13. The summed E-state index contributed by atoms with van der Waals surface area (Å²) in [6.07, 6.45) is 7.33. The first-order valence-corrected chi connectivity index (χ1v) is 4.25. The SMILES string of the molecule is C=CCC1CCCN[13CH2]C1. The normalized spacial score (nSPS) is 27.4. The Morgan fingerprint density at radius 1 is 1.40 bits per heavy atom. The van der Waals surface area contributed by atoms with Gasteiger partial charge in [0.25, 0.3) is 0 Å². The maximum atomic E-state index is 3.76. The smallest absolute Gasteiger partial charge is 0.00462 e. The van der Waals surface area contributed by atoms with E-state index in [1.54, 1.807) is 0 Å². The van der Waals surface area contributed by atoms with E-state index in [1.807, 2.05) is 0 Å². The molecule has 1 aliphatic heterocycles. The zero-order valence-electron chi connectivity index (χ0n) is 6.60. The van der Waals surface area contributed by atoms with Gasteiger partial charge in [-0.15, -0.1) is 6.58 Å². The van der Waals surface area contributed by atoms with Gasteiger partial charge in [-0.05, 0) is 44.7 Å². The molecule has 1 atom stereocenters. The van der Waals surface area contributed by atoms with E-state index in [9.17, 15) is 0 Å². The Bertz CT molecular complexity index is 90.9. The zero-order valence-corrected chi connectivity index (χ0v) is 6.60. The third kappa shape index (κ3) is 2.53. The van der Waals surface area contributed by atoms with Gasteiger partial charge in [0.2, 0.25) is 0 Å². The van der Waals surface area contributed by atoms with Gasteiger partial charge in [-0.25, -0.2) is 0 Å². The third-order valence-electron chi connectivity index (χ3n) is 2.20. The molecule has 0 aromatic rings. The maximum Gasteiger partial charge on any atom is -0.00462 e. The van der Waals surface area contributed by atoms with E-state index in [1.165, 1.54) is 38.8 Å². The van der Waals surface area contributed by atoms with Gasteiger partial charge in [0.05, 0.1) is 0 Å². The van der Waals surface area contributed by atoms with E-state index < -0.39 is 0 Å². The van der Waals surface area contributed by atoms with Crippen molar-refractivity contribution in [1.82, 2.24) is 5.32 Å². The van der Waals surface area contributed by atoms with Crippen molar-refractivity contribution >= 4 is 0 Å². The monoisotopic (exact) mass is 140 g/mol. The highest BCUT2D eigenvalue weighted by Gasteiger charge is 2.08. The van der Waals surface area contributed by atoms with Crippen LogP contribution in [0.3, 0.4) is 0 Å². The van der Waals surface area contributed by atoms with Crippen LogP contribution >= 0.6 is 0 Å². The maximum absolute atomic E-state index is 3.76. The van der Waals surface area contributed by atoms with Crippen molar-refractivity contribution in [2.45, 2.75) is 25.7 Å². The summed E-state index contributed by atoms with van der Waals surface area (Å²) in [5.41, 5.74) is 0. The number of hydrogen-bond donors (Lipinski definition) is 1. The topological polar surface area (TPSA) is 12.0 Å². The van der Waals surface area contributed by atoms with Gasteiger partial charge in [-0.1, -0.05) is 6.08 Å². The highest BCUT2D eigenvalue weighted by molar-refractivity contribution is 4.75. The fraction of sp³-hybridized carbons (Fsp3) is 0.778. The molecule has 1 aliphatic rings. The summed E-state index contributed by atoms with van der Waals surface area (Å²) < 4.78 is 0. The summed E-state index contributed by atoms with van der Waals surface area (Å²) in [5, 5.41) is 3.40. The van der Waals surface area contributed by atoms with Crippen LogP contribution in [0.4, 0.5) is 0 Å². The average molecular weight is 140 g/mol. The Balaban J connectivity index is 2.21. The number of rotatable bonds is 2. The van der Waals surface area contributed by atoms with Gasteiger partial charge < -0.3 is 5.32 Å². The van der Waals surface area contributed by atoms with Crippen molar-refractivity contribution in [2.75, 3.05) is 13.1 Å². The van der Waals surface area contributed by atoms with E-state index in [-0.39, 0.29) is 0 Å². The minimum atomic E-state index is 0.910. The third-order valence-corrected chi connectivity index (χ3v) is 2.20. The first-order valence-electron chi connectivity index (χ1n) is 4.25. The van der Waals surface area contributed by atoms with E-state index in [4.69, 9.17) is 0 Å². The molecule has 0 amide bonds. The van der Waals surface area contributed by atoms with Gasteiger partial charge in [-0.2, -0.15) is 0 Å². The summed E-state index contributed by atoms with van der Waals surface area (Å²) in [5.74, 6) is 0.910. The first-order chi connectivity index (χ1) is 4.93.